The molecule has 1 aromatic rings. The summed E-state index contributed by atoms with van der Waals surface area (Å²) in [6.45, 7) is 3.94. The highest BCUT2D eigenvalue weighted by Crippen LogP contribution is 2.15. The fourth-order valence-corrected chi connectivity index (χ4v) is 3.09. The Hall–Kier alpha value is -0.850. The maximum atomic E-state index is 11.4. The van der Waals surface area contributed by atoms with E-state index in [4.69, 9.17) is 4.42 Å². The summed E-state index contributed by atoms with van der Waals surface area (Å²) in [6, 6.07) is 2.32. The molecule has 102 valence electrons. The number of hydrogen-bond acceptors (Lipinski definition) is 4. The molecule has 0 aromatic carbocycles. The van der Waals surface area contributed by atoms with Crippen LogP contribution in [0.15, 0.2) is 16.7 Å². The zero-order valence-electron chi connectivity index (χ0n) is 10.8. The van der Waals surface area contributed by atoms with Crippen molar-refractivity contribution in [3.63, 3.8) is 0 Å². The van der Waals surface area contributed by atoms with Gasteiger partial charge in [-0.25, -0.2) is 12.7 Å². The molecular formula is C12H20N2O3S. The molecule has 0 aliphatic carbocycles. The van der Waals surface area contributed by atoms with Crippen LogP contribution in [0.4, 0.5) is 0 Å². The van der Waals surface area contributed by atoms with Crippen LogP contribution >= 0.6 is 0 Å². The minimum absolute atomic E-state index is 0.368. The minimum atomic E-state index is -3.03. The van der Waals surface area contributed by atoms with Gasteiger partial charge in [0.25, 0.3) is 0 Å². The van der Waals surface area contributed by atoms with E-state index in [1.54, 1.807) is 10.6 Å². The van der Waals surface area contributed by atoms with Gasteiger partial charge in [-0.2, -0.15) is 0 Å². The van der Waals surface area contributed by atoms with Gasteiger partial charge in [0.1, 0.15) is 5.76 Å². The van der Waals surface area contributed by atoms with Gasteiger partial charge in [0, 0.05) is 19.1 Å². The Kier molecular flexibility index (Phi) is 4.09. The second-order valence-electron chi connectivity index (χ2n) is 4.84. The van der Waals surface area contributed by atoms with E-state index >= 15 is 0 Å². The monoisotopic (exact) mass is 272 g/mol. The lowest BCUT2D eigenvalue weighted by Crippen LogP contribution is -2.44. The smallest absolute Gasteiger partial charge is 0.211 e. The molecule has 0 atom stereocenters. The Bertz CT molecular complexity index is 487. The molecule has 0 amide bonds. The zero-order valence-corrected chi connectivity index (χ0v) is 11.7. The topological polar surface area (TPSA) is 62.6 Å². The van der Waals surface area contributed by atoms with E-state index < -0.39 is 10.0 Å². The molecular weight excluding hydrogens is 252 g/mol. The molecule has 1 aliphatic heterocycles. The first-order chi connectivity index (χ1) is 8.47. The quantitative estimate of drug-likeness (QED) is 0.891. The van der Waals surface area contributed by atoms with Crippen LogP contribution in [0.3, 0.4) is 0 Å². The SMILES string of the molecule is Cc1ccoc1CNC1CCN(S(C)(=O)=O)CC1. The van der Waals surface area contributed by atoms with Gasteiger partial charge >= 0.3 is 0 Å². The highest BCUT2D eigenvalue weighted by molar-refractivity contribution is 7.88. The zero-order chi connectivity index (χ0) is 13.2. The van der Waals surface area contributed by atoms with Crippen LogP contribution < -0.4 is 5.32 Å². The first kappa shape index (κ1) is 13.6. The van der Waals surface area contributed by atoms with Crippen molar-refractivity contribution < 1.29 is 12.8 Å². The number of nitrogens with one attached hydrogen (secondary N) is 1. The third-order valence-electron chi connectivity index (χ3n) is 3.44. The second-order valence-corrected chi connectivity index (χ2v) is 6.83. The van der Waals surface area contributed by atoms with Gasteiger partial charge in [-0.1, -0.05) is 0 Å². The van der Waals surface area contributed by atoms with Crippen molar-refractivity contribution in [2.24, 2.45) is 0 Å². The maximum absolute atomic E-state index is 11.4. The molecule has 1 fully saturated rings. The Balaban J connectivity index is 1.79. The van der Waals surface area contributed by atoms with Gasteiger partial charge in [0.2, 0.25) is 10.0 Å². The summed E-state index contributed by atoms with van der Waals surface area (Å²) in [7, 11) is -3.03. The Morgan fingerprint density at radius 2 is 2.11 bits per heavy atom. The molecule has 1 aliphatic rings. The third kappa shape index (κ3) is 3.34. The van der Waals surface area contributed by atoms with Crippen molar-refractivity contribution in [3.8, 4) is 0 Å². The normalized spacial score (nSPS) is 19.2. The van der Waals surface area contributed by atoms with Crippen molar-refractivity contribution in [1.29, 1.82) is 0 Å². The minimum Gasteiger partial charge on any atom is -0.468 e. The summed E-state index contributed by atoms with van der Waals surface area (Å²) in [5.74, 6) is 0.959. The van der Waals surface area contributed by atoms with Crippen molar-refractivity contribution in [1.82, 2.24) is 9.62 Å². The van der Waals surface area contributed by atoms with Crippen molar-refractivity contribution >= 4 is 10.0 Å². The van der Waals surface area contributed by atoms with Crippen LogP contribution in [0.2, 0.25) is 0 Å². The first-order valence-corrected chi connectivity index (χ1v) is 8.03. The molecule has 18 heavy (non-hydrogen) atoms. The highest BCUT2D eigenvalue weighted by atomic mass is 32.2. The summed E-state index contributed by atoms with van der Waals surface area (Å²) in [5.41, 5.74) is 1.15. The standard InChI is InChI=1S/C12H20N2O3S/c1-10-5-8-17-12(10)9-13-11-3-6-14(7-4-11)18(2,15)16/h5,8,11,13H,3-4,6-7,9H2,1-2H3. The van der Waals surface area contributed by atoms with E-state index in [1.807, 2.05) is 13.0 Å². The number of piperidine rings is 1. The molecule has 5 nitrogen and oxygen atoms in total. The summed E-state index contributed by atoms with van der Waals surface area (Å²) < 4.78 is 29.7. The summed E-state index contributed by atoms with van der Waals surface area (Å²) >= 11 is 0. The fourth-order valence-electron chi connectivity index (χ4n) is 2.21. The molecule has 6 heteroatoms. The Morgan fingerprint density at radius 1 is 1.44 bits per heavy atom. The third-order valence-corrected chi connectivity index (χ3v) is 4.75. The number of aryl methyl sites for hydroxylation is 1. The van der Waals surface area contributed by atoms with Gasteiger partial charge < -0.3 is 9.73 Å². The lowest BCUT2D eigenvalue weighted by Gasteiger charge is -2.30. The molecule has 0 bridgehead atoms. The van der Waals surface area contributed by atoms with Gasteiger partial charge in [-0.15, -0.1) is 0 Å². The van der Waals surface area contributed by atoms with Crippen molar-refractivity contribution in [2.75, 3.05) is 19.3 Å². The largest absolute Gasteiger partial charge is 0.468 e. The van der Waals surface area contributed by atoms with Gasteiger partial charge in [-0.3, -0.25) is 0 Å². The predicted molar refractivity (Wildman–Crippen MR) is 69.7 cm³/mol. The van der Waals surface area contributed by atoms with Crippen molar-refractivity contribution in [3.05, 3.63) is 23.7 Å². The molecule has 2 heterocycles. The lowest BCUT2D eigenvalue weighted by molar-refractivity contribution is 0.285. The van der Waals surface area contributed by atoms with E-state index in [0.717, 1.165) is 24.2 Å². The van der Waals surface area contributed by atoms with E-state index in [2.05, 4.69) is 5.32 Å². The molecule has 0 saturated carbocycles. The Morgan fingerprint density at radius 3 is 2.61 bits per heavy atom. The van der Waals surface area contributed by atoms with Crippen LogP contribution in [0.5, 0.6) is 0 Å². The molecule has 1 saturated heterocycles. The van der Waals surface area contributed by atoms with Crippen LogP contribution in [0, 0.1) is 6.92 Å². The lowest BCUT2D eigenvalue weighted by atomic mass is 10.1. The van der Waals surface area contributed by atoms with Crippen molar-refractivity contribution in [2.45, 2.75) is 32.4 Å². The number of furan rings is 1. The summed E-state index contributed by atoms with van der Waals surface area (Å²) in [6.07, 6.45) is 4.67. The molecule has 2 rings (SSSR count). The van der Waals surface area contributed by atoms with Crippen LogP contribution in [-0.2, 0) is 16.6 Å². The van der Waals surface area contributed by atoms with E-state index in [0.29, 0.717) is 25.7 Å². The molecule has 0 radical (unpaired) electrons. The molecule has 1 aromatic heterocycles. The maximum Gasteiger partial charge on any atom is 0.211 e. The van der Waals surface area contributed by atoms with Crippen LogP contribution in [0.25, 0.3) is 0 Å². The average molecular weight is 272 g/mol. The van der Waals surface area contributed by atoms with E-state index in [1.165, 1.54) is 6.26 Å². The number of sulfonamides is 1. The van der Waals surface area contributed by atoms with Gasteiger partial charge in [0.05, 0.1) is 19.1 Å². The fraction of sp³-hybridized carbons (Fsp3) is 0.667. The van der Waals surface area contributed by atoms with Gasteiger partial charge in [-0.05, 0) is 31.4 Å². The van der Waals surface area contributed by atoms with Gasteiger partial charge in [0.15, 0.2) is 0 Å². The van der Waals surface area contributed by atoms with E-state index in [9.17, 15) is 8.42 Å². The highest BCUT2D eigenvalue weighted by Gasteiger charge is 2.24. The first-order valence-electron chi connectivity index (χ1n) is 6.18. The van der Waals surface area contributed by atoms with Crippen LogP contribution in [-0.4, -0.2) is 38.1 Å². The van der Waals surface area contributed by atoms with E-state index in [-0.39, 0.29) is 0 Å². The predicted octanol–water partition coefficient (Wildman–Crippen LogP) is 1.10. The molecule has 0 spiro atoms. The summed E-state index contributed by atoms with van der Waals surface area (Å²) in [4.78, 5) is 0. The second kappa shape index (κ2) is 5.42. The molecule has 0 unspecified atom stereocenters. The average Bonchev–Trinajstić information content (AvgIpc) is 2.72. The Labute approximate surface area is 108 Å². The number of hydrogen-bond donors (Lipinski definition) is 1. The van der Waals surface area contributed by atoms with Crippen LogP contribution in [0.1, 0.15) is 24.2 Å². The number of rotatable bonds is 4. The molecule has 1 N–H and O–H groups in total. The summed E-state index contributed by atoms with van der Waals surface area (Å²) in [5, 5.41) is 3.42. The number of nitrogens with zero attached hydrogens (tertiary/aromatic N) is 1.